The number of aliphatic hydroxyl groups is 4. The van der Waals surface area contributed by atoms with Gasteiger partial charge in [0.15, 0.2) is 8.67 Å². The normalized spacial score (nSPS) is 27.4. The second-order valence-corrected chi connectivity index (χ2v) is 8.96. The van der Waals surface area contributed by atoms with Gasteiger partial charge in [-0.1, -0.05) is 72.4 Å². The predicted molar refractivity (Wildman–Crippen MR) is 91.4 cm³/mol. The molecule has 0 bridgehead atoms. The molecule has 128 valence electrons. The minimum Gasteiger partial charge on any atom is -0.360 e. The second kappa shape index (κ2) is 5.48. The van der Waals surface area contributed by atoms with E-state index in [1.165, 1.54) is 24.3 Å². The van der Waals surface area contributed by atoms with Crippen LogP contribution in [0.5, 0.6) is 0 Å². The van der Waals surface area contributed by atoms with E-state index in [0.29, 0.717) is 11.1 Å². The molecule has 0 aromatic heterocycles. The smallest absolute Gasteiger partial charge is 0.221 e. The van der Waals surface area contributed by atoms with E-state index < -0.39 is 25.7 Å². The van der Waals surface area contributed by atoms with Crippen molar-refractivity contribution in [3.05, 3.63) is 47.6 Å². The molecule has 2 aliphatic carbocycles. The zero-order valence-electron chi connectivity index (χ0n) is 12.3. The average Bonchev–Trinajstić information content (AvgIpc) is 2.35. The zero-order chi connectivity index (χ0) is 17.9. The lowest BCUT2D eigenvalue weighted by Crippen LogP contribution is -2.47. The first-order valence-corrected chi connectivity index (χ1v) is 8.14. The van der Waals surface area contributed by atoms with Gasteiger partial charge in [-0.15, -0.1) is 0 Å². The highest BCUT2D eigenvalue weighted by atomic mass is 35.5. The van der Waals surface area contributed by atoms with Gasteiger partial charge in [-0.05, 0) is 35.5 Å². The standard InChI is InChI=1S/C15H16Cl4O4/c1-11(2,9-3-5-14(20,21)12(16,17)7-9)10-4-6-15(22,23)13(18,19)8-10/h3-8,20-23H,1-2H3. The summed E-state index contributed by atoms with van der Waals surface area (Å²) in [5.41, 5.74) is 0.402. The van der Waals surface area contributed by atoms with E-state index in [0.717, 1.165) is 12.2 Å². The molecule has 8 heteroatoms. The molecule has 0 aromatic rings. The van der Waals surface area contributed by atoms with Gasteiger partial charge in [0.05, 0.1) is 0 Å². The highest BCUT2D eigenvalue weighted by Crippen LogP contribution is 2.49. The van der Waals surface area contributed by atoms with Crippen molar-refractivity contribution < 1.29 is 20.4 Å². The molecule has 0 aromatic carbocycles. The van der Waals surface area contributed by atoms with Gasteiger partial charge in [-0.2, -0.15) is 0 Å². The van der Waals surface area contributed by atoms with Crippen molar-refractivity contribution in [3.63, 3.8) is 0 Å². The molecule has 0 unspecified atom stereocenters. The summed E-state index contributed by atoms with van der Waals surface area (Å²) in [5.74, 6) is -4.80. The van der Waals surface area contributed by atoms with Crippen LogP contribution >= 0.6 is 46.4 Å². The van der Waals surface area contributed by atoms with Gasteiger partial charge in [-0.25, -0.2) is 0 Å². The first-order chi connectivity index (χ1) is 10.1. The van der Waals surface area contributed by atoms with E-state index in [1.807, 2.05) is 0 Å². The fourth-order valence-corrected chi connectivity index (χ4v) is 3.00. The third kappa shape index (κ3) is 3.24. The Bertz CT molecular complexity index is 586. The van der Waals surface area contributed by atoms with E-state index in [1.54, 1.807) is 13.8 Å². The van der Waals surface area contributed by atoms with Crippen molar-refractivity contribution >= 4 is 46.4 Å². The molecule has 0 spiro atoms. The first kappa shape index (κ1) is 19.3. The molecule has 2 rings (SSSR count). The first-order valence-electron chi connectivity index (χ1n) is 6.63. The summed E-state index contributed by atoms with van der Waals surface area (Å²) < 4.78 is -3.88. The highest BCUT2D eigenvalue weighted by Gasteiger charge is 2.50. The van der Waals surface area contributed by atoms with Crippen LogP contribution in [0, 0.1) is 5.41 Å². The number of alkyl halides is 4. The Hall–Kier alpha value is -0.0400. The van der Waals surface area contributed by atoms with Crippen molar-refractivity contribution in [3.8, 4) is 0 Å². The predicted octanol–water partition coefficient (Wildman–Crippen LogP) is 2.71. The maximum atomic E-state index is 9.77. The molecule has 0 heterocycles. The number of rotatable bonds is 2. The molecular weight excluding hydrogens is 386 g/mol. The lowest BCUT2D eigenvalue weighted by molar-refractivity contribution is -0.121. The average molecular weight is 402 g/mol. The van der Waals surface area contributed by atoms with E-state index >= 15 is 0 Å². The molecule has 0 aliphatic heterocycles. The van der Waals surface area contributed by atoms with Crippen LogP contribution in [-0.4, -0.2) is 40.7 Å². The fraction of sp³-hybridized carbons (Fsp3) is 0.467. The Morgan fingerprint density at radius 2 is 1.04 bits per heavy atom. The maximum Gasteiger partial charge on any atom is 0.221 e. The van der Waals surface area contributed by atoms with Gasteiger partial charge >= 0.3 is 0 Å². The monoisotopic (exact) mass is 400 g/mol. The van der Waals surface area contributed by atoms with Crippen LogP contribution in [0.25, 0.3) is 0 Å². The quantitative estimate of drug-likeness (QED) is 0.423. The van der Waals surface area contributed by atoms with Gasteiger partial charge in [0.2, 0.25) is 11.6 Å². The van der Waals surface area contributed by atoms with Crippen molar-refractivity contribution in [2.24, 2.45) is 5.41 Å². The van der Waals surface area contributed by atoms with Crippen molar-refractivity contribution in [2.75, 3.05) is 0 Å². The third-order valence-corrected chi connectivity index (χ3v) is 5.64. The van der Waals surface area contributed by atoms with E-state index in [4.69, 9.17) is 46.4 Å². The fourth-order valence-electron chi connectivity index (χ4n) is 2.28. The molecule has 2 aliphatic rings. The Labute approximate surface area is 153 Å². The molecule has 4 nitrogen and oxygen atoms in total. The topological polar surface area (TPSA) is 80.9 Å². The molecule has 23 heavy (non-hydrogen) atoms. The summed E-state index contributed by atoms with van der Waals surface area (Å²) in [6.45, 7) is 3.60. The molecule has 0 radical (unpaired) electrons. The molecule has 0 saturated carbocycles. The van der Waals surface area contributed by atoms with Crippen LogP contribution in [0.4, 0.5) is 0 Å². The van der Waals surface area contributed by atoms with Gasteiger partial charge in [-0.3, -0.25) is 0 Å². The lowest BCUT2D eigenvalue weighted by Gasteiger charge is -2.40. The van der Waals surface area contributed by atoms with E-state index in [9.17, 15) is 20.4 Å². The van der Waals surface area contributed by atoms with Gasteiger partial charge in [0.1, 0.15) is 0 Å². The minimum atomic E-state index is -2.40. The van der Waals surface area contributed by atoms with Crippen LogP contribution < -0.4 is 0 Å². The molecule has 0 atom stereocenters. The van der Waals surface area contributed by atoms with E-state index in [-0.39, 0.29) is 0 Å². The Morgan fingerprint density at radius 3 is 1.30 bits per heavy atom. The van der Waals surface area contributed by atoms with Gasteiger partial charge in [0, 0.05) is 5.41 Å². The number of halogens is 4. The van der Waals surface area contributed by atoms with Crippen molar-refractivity contribution in [2.45, 2.75) is 34.1 Å². The Kier molecular flexibility index (Phi) is 4.59. The van der Waals surface area contributed by atoms with Crippen molar-refractivity contribution in [1.82, 2.24) is 0 Å². The van der Waals surface area contributed by atoms with Crippen molar-refractivity contribution in [1.29, 1.82) is 0 Å². The van der Waals surface area contributed by atoms with Crippen LogP contribution in [0.2, 0.25) is 0 Å². The Morgan fingerprint density at radius 1 is 0.739 bits per heavy atom. The summed E-state index contributed by atoms with van der Waals surface area (Å²) >= 11 is 23.9. The van der Waals surface area contributed by atoms with Crippen LogP contribution in [0.3, 0.4) is 0 Å². The Balaban J connectivity index is 2.46. The number of hydrogen-bond donors (Lipinski definition) is 4. The summed E-state index contributed by atoms with van der Waals surface area (Å²) in [6.07, 6.45) is 7.73. The number of hydrogen-bond acceptors (Lipinski definition) is 4. The highest BCUT2D eigenvalue weighted by molar-refractivity contribution is 6.51. The zero-order valence-corrected chi connectivity index (χ0v) is 15.3. The third-order valence-electron chi connectivity index (χ3n) is 4.09. The van der Waals surface area contributed by atoms with Crippen LogP contribution in [0.15, 0.2) is 47.6 Å². The van der Waals surface area contributed by atoms with Gasteiger partial charge in [0.25, 0.3) is 0 Å². The van der Waals surface area contributed by atoms with Gasteiger partial charge < -0.3 is 20.4 Å². The molecule has 0 fully saturated rings. The molecular formula is C15H16Cl4O4. The number of allylic oxidation sites excluding steroid dienone is 4. The maximum absolute atomic E-state index is 9.77. The van der Waals surface area contributed by atoms with Crippen LogP contribution in [0.1, 0.15) is 13.8 Å². The SMILES string of the molecule is CC(C)(C1=CC(Cl)(Cl)C(O)(O)C=C1)C1=CC(Cl)(Cl)C(O)(O)C=C1. The largest absolute Gasteiger partial charge is 0.360 e. The minimum absolute atomic E-state index is 0.574. The summed E-state index contributed by atoms with van der Waals surface area (Å²) in [5, 5.41) is 39.1. The molecule has 0 amide bonds. The van der Waals surface area contributed by atoms with E-state index in [2.05, 4.69) is 0 Å². The molecule has 4 N–H and O–H groups in total. The summed E-state index contributed by atoms with van der Waals surface area (Å²) in [7, 11) is 0. The summed E-state index contributed by atoms with van der Waals surface area (Å²) in [4.78, 5) is 0. The lowest BCUT2D eigenvalue weighted by atomic mass is 9.73. The molecule has 0 saturated heterocycles. The second-order valence-electron chi connectivity index (χ2n) is 6.19. The van der Waals surface area contributed by atoms with Crippen LogP contribution in [-0.2, 0) is 0 Å². The summed E-state index contributed by atoms with van der Waals surface area (Å²) in [6, 6.07) is 0.